The molecule has 7 heteroatoms. The molecule has 0 bridgehead atoms. The van der Waals surface area contributed by atoms with Crippen LogP contribution in [0, 0.1) is 14.9 Å². The van der Waals surface area contributed by atoms with E-state index in [0.29, 0.717) is 17.3 Å². The average molecular weight is 474 g/mol. The Morgan fingerprint density at radius 1 is 1.22 bits per heavy atom. The number of aliphatic hydroxyl groups excluding tert-OH is 1. The highest BCUT2D eigenvalue weighted by Crippen LogP contribution is 2.30. The summed E-state index contributed by atoms with van der Waals surface area (Å²) in [6.45, 7) is 3.70. The van der Waals surface area contributed by atoms with Gasteiger partial charge < -0.3 is 14.8 Å². The van der Waals surface area contributed by atoms with Crippen LogP contribution in [0.4, 0.5) is 5.69 Å². The lowest BCUT2D eigenvalue weighted by Crippen LogP contribution is -2.24. The predicted octanol–water partition coefficient (Wildman–Crippen LogP) is 4.31. The van der Waals surface area contributed by atoms with Crippen molar-refractivity contribution in [3.8, 4) is 17.5 Å². The molecule has 3 rings (SSSR count). The number of halogens is 1. The summed E-state index contributed by atoms with van der Waals surface area (Å²) in [4.78, 5) is 0. The third-order valence-corrected chi connectivity index (χ3v) is 5.47. The molecule has 3 aromatic rings. The first kappa shape index (κ1) is 19.3. The number of aliphatic hydroxyl groups is 1. The van der Waals surface area contributed by atoms with E-state index in [1.807, 2.05) is 43.3 Å². The number of benzene rings is 2. The van der Waals surface area contributed by atoms with E-state index < -0.39 is 12.1 Å². The molecule has 6 nitrogen and oxygen atoms in total. The van der Waals surface area contributed by atoms with E-state index in [1.54, 1.807) is 13.0 Å². The van der Waals surface area contributed by atoms with Crippen LogP contribution in [0.5, 0.6) is 0 Å². The number of hydrogen-bond acceptors (Lipinski definition) is 6. The zero-order valence-electron chi connectivity index (χ0n) is 15.0. The van der Waals surface area contributed by atoms with Gasteiger partial charge in [-0.2, -0.15) is 5.26 Å². The molecule has 0 saturated heterocycles. The Balaban J connectivity index is 1.93. The fourth-order valence-electron chi connectivity index (χ4n) is 2.80. The van der Waals surface area contributed by atoms with Crippen molar-refractivity contribution < 1.29 is 9.52 Å². The molecule has 0 fully saturated rings. The van der Waals surface area contributed by atoms with Gasteiger partial charge in [-0.15, -0.1) is 10.2 Å². The summed E-state index contributed by atoms with van der Waals surface area (Å²) < 4.78 is 6.72. The third kappa shape index (κ3) is 4.12. The van der Waals surface area contributed by atoms with E-state index in [1.165, 1.54) is 0 Å². The quantitative estimate of drug-likeness (QED) is 0.518. The monoisotopic (exact) mass is 474 g/mol. The Kier molecular flexibility index (Phi) is 6.08. The highest BCUT2D eigenvalue weighted by atomic mass is 127. The molecule has 0 aliphatic carbocycles. The van der Waals surface area contributed by atoms with Crippen LogP contribution in [-0.2, 0) is 6.42 Å². The van der Waals surface area contributed by atoms with Gasteiger partial charge in [0.1, 0.15) is 12.1 Å². The topological polar surface area (TPSA) is 95.0 Å². The van der Waals surface area contributed by atoms with Crippen LogP contribution in [0.1, 0.15) is 36.9 Å². The summed E-state index contributed by atoms with van der Waals surface area (Å²) in [7, 11) is 0. The second kappa shape index (κ2) is 8.50. The van der Waals surface area contributed by atoms with Crippen LogP contribution in [0.15, 0.2) is 46.9 Å². The predicted molar refractivity (Wildman–Crippen MR) is 111 cm³/mol. The minimum absolute atomic E-state index is 0.310. The van der Waals surface area contributed by atoms with Crippen LogP contribution in [-0.4, -0.2) is 21.4 Å². The number of nitrogens with one attached hydrogen (secondary N) is 1. The van der Waals surface area contributed by atoms with Gasteiger partial charge in [0.15, 0.2) is 0 Å². The molecule has 1 aromatic heterocycles. The van der Waals surface area contributed by atoms with E-state index in [-0.39, 0.29) is 0 Å². The van der Waals surface area contributed by atoms with Crippen LogP contribution in [0.2, 0.25) is 0 Å². The molecule has 0 saturated carbocycles. The van der Waals surface area contributed by atoms with Crippen LogP contribution >= 0.6 is 22.6 Å². The van der Waals surface area contributed by atoms with Crippen molar-refractivity contribution in [3.05, 3.63) is 63.1 Å². The van der Waals surface area contributed by atoms with E-state index in [4.69, 9.17) is 4.42 Å². The maximum absolute atomic E-state index is 10.3. The second-order valence-corrected chi connectivity index (χ2v) is 7.17. The Morgan fingerprint density at radius 3 is 2.59 bits per heavy atom. The molecule has 27 heavy (non-hydrogen) atoms. The molecule has 0 amide bonds. The number of nitrogens with zero attached hydrogens (tertiary/aromatic N) is 3. The van der Waals surface area contributed by atoms with Gasteiger partial charge in [0.2, 0.25) is 11.8 Å². The highest BCUT2D eigenvalue weighted by Gasteiger charge is 2.25. The van der Waals surface area contributed by atoms with Gasteiger partial charge in [-0.05, 0) is 65.8 Å². The lowest BCUT2D eigenvalue weighted by molar-refractivity contribution is 0.159. The van der Waals surface area contributed by atoms with Crippen molar-refractivity contribution in [1.29, 1.82) is 5.26 Å². The molecule has 2 atom stereocenters. The Hall–Kier alpha value is -2.44. The lowest BCUT2D eigenvalue weighted by atomic mass is 10.0. The summed E-state index contributed by atoms with van der Waals surface area (Å²) >= 11 is 2.18. The fraction of sp³-hybridized carbons (Fsp3) is 0.250. The van der Waals surface area contributed by atoms with Crippen molar-refractivity contribution in [2.75, 3.05) is 5.32 Å². The summed E-state index contributed by atoms with van der Waals surface area (Å²) in [6, 6.07) is 14.7. The van der Waals surface area contributed by atoms with E-state index in [0.717, 1.165) is 26.8 Å². The average Bonchev–Trinajstić information content (AvgIpc) is 3.16. The highest BCUT2D eigenvalue weighted by molar-refractivity contribution is 14.1. The molecule has 0 unspecified atom stereocenters. The van der Waals surface area contributed by atoms with E-state index in [2.05, 4.69) is 44.2 Å². The molecular formula is C20H19IN4O2. The van der Waals surface area contributed by atoms with Gasteiger partial charge >= 0.3 is 0 Å². The Morgan fingerprint density at radius 2 is 1.96 bits per heavy atom. The van der Waals surface area contributed by atoms with Crippen molar-refractivity contribution in [2.24, 2.45) is 0 Å². The van der Waals surface area contributed by atoms with E-state index in [9.17, 15) is 10.4 Å². The molecule has 0 aliphatic rings. The number of hydrogen-bond donors (Lipinski definition) is 2. The van der Waals surface area contributed by atoms with Gasteiger partial charge in [-0.25, -0.2) is 0 Å². The lowest BCUT2D eigenvalue weighted by Gasteiger charge is -2.22. The van der Waals surface area contributed by atoms with Crippen LogP contribution in [0.25, 0.3) is 11.5 Å². The summed E-state index contributed by atoms with van der Waals surface area (Å²) in [5, 5.41) is 31.1. The Labute approximate surface area is 171 Å². The number of anilines is 1. The van der Waals surface area contributed by atoms with Crippen molar-refractivity contribution in [1.82, 2.24) is 10.2 Å². The van der Waals surface area contributed by atoms with Gasteiger partial charge in [-0.1, -0.05) is 25.1 Å². The molecule has 2 N–H and O–H groups in total. The number of aromatic nitrogens is 2. The third-order valence-electron chi connectivity index (χ3n) is 4.24. The van der Waals surface area contributed by atoms with Crippen LogP contribution in [0.3, 0.4) is 0 Å². The normalized spacial score (nSPS) is 13.0. The molecule has 138 valence electrons. The van der Waals surface area contributed by atoms with Gasteiger partial charge in [0, 0.05) is 14.8 Å². The standard InChI is InChI=1S/C20H19IN4O2/c1-3-15-16(10-9-14(11-22)17(15)21)23-18(12(2)26)20-25-24-19(27-20)13-7-5-4-6-8-13/h4-10,12,18,23,26H,3H2,1-2H3/t12-,18+/m0/s1. The minimum Gasteiger partial charge on any atom is -0.418 e. The Bertz CT molecular complexity index is 964. The fourth-order valence-corrected chi connectivity index (χ4v) is 3.77. The smallest absolute Gasteiger partial charge is 0.247 e. The maximum Gasteiger partial charge on any atom is 0.247 e. The minimum atomic E-state index is -0.757. The first-order chi connectivity index (χ1) is 13.0. The molecule has 0 radical (unpaired) electrons. The van der Waals surface area contributed by atoms with Gasteiger partial charge in [0.25, 0.3) is 0 Å². The number of rotatable bonds is 6. The summed E-state index contributed by atoms with van der Waals surface area (Å²) in [5.41, 5.74) is 3.31. The number of nitriles is 1. The van der Waals surface area contributed by atoms with Crippen molar-refractivity contribution in [2.45, 2.75) is 32.4 Å². The SMILES string of the molecule is CCc1c(N[C@@H](c2nnc(-c3ccccc3)o2)[C@H](C)O)ccc(C#N)c1I. The first-order valence-electron chi connectivity index (χ1n) is 8.60. The van der Waals surface area contributed by atoms with E-state index >= 15 is 0 Å². The second-order valence-electron chi connectivity index (χ2n) is 6.09. The zero-order chi connectivity index (χ0) is 19.4. The molecular weight excluding hydrogens is 455 g/mol. The van der Waals surface area contributed by atoms with Crippen molar-refractivity contribution >= 4 is 28.3 Å². The molecule has 0 aliphatic heterocycles. The van der Waals surface area contributed by atoms with Crippen LogP contribution < -0.4 is 5.32 Å². The summed E-state index contributed by atoms with van der Waals surface area (Å²) in [6.07, 6.45) is -0.00559. The molecule has 1 heterocycles. The van der Waals surface area contributed by atoms with Gasteiger partial charge in [0.05, 0.1) is 11.7 Å². The largest absolute Gasteiger partial charge is 0.418 e. The molecule has 0 spiro atoms. The maximum atomic E-state index is 10.3. The summed E-state index contributed by atoms with van der Waals surface area (Å²) in [5.74, 6) is 0.716. The first-order valence-corrected chi connectivity index (χ1v) is 9.68. The van der Waals surface area contributed by atoms with Crippen molar-refractivity contribution in [3.63, 3.8) is 0 Å². The molecule has 2 aromatic carbocycles. The zero-order valence-corrected chi connectivity index (χ0v) is 17.1. The van der Waals surface area contributed by atoms with Gasteiger partial charge in [-0.3, -0.25) is 0 Å².